The second kappa shape index (κ2) is 9.20. The topological polar surface area (TPSA) is 37.3 Å². The quantitative estimate of drug-likeness (QED) is 0.499. The van der Waals surface area contributed by atoms with Crippen molar-refractivity contribution in [3.05, 3.63) is 24.3 Å². The third kappa shape index (κ3) is 11.0. The van der Waals surface area contributed by atoms with Crippen molar-refractivity contribution in [2.45, 2.75) is 46.5 Å². The number of hydrogen-bond acceptors (Lipinski definition) is 1. The van der Waals surface area contributed by atoms with Gasteiger partial charge in [-0.2, -0.15) is 0 Å². The summed E-state index contributed by atoms with van der Waals surface area (Å²) in [4.78, 5) is 10.2. The van der Waals surface area contributed by atoms with Crippen LogP contribution in [-0.4, -0.2) is 11.1 Å². The zero-order valence-electron chi connectivity index (χ0n) is 10.6. The molecule has 1 unspecified atom stereocenters. The van der Waals surface area contributed by atoms with E-state index < -0.39 is 5.97 Å². The van der Waals surface area contributed by atoms with Crippen molar-refractivity contribution in [2.24, 2.45) is 11.8 Å². The van der Waals surface area contributed by atoms with Gasteiger partial charge in [-0.1, -0.05) is 58.3 Å². The summed E-state index contributed by atoms with van der Waals surface area (Å²) in [6, 6.07) is 0. The molecule has 16 heavy (non-hydrogen) atoms. The van der Waals surface area contributed by atoms with Gasteiger partial charge in [0.25, 0.3) is 0 Å². The van der Waals surface area contributed by atoms with E-state index in [2.05, 4.69) is 20.8 Å². The SMILES string of the molecule is CC(C)CCCC(C)CC=CC=CC(=O)O. The van der Waals surface area contributed by atoms with Crippen molar-refractivity contribution in [3.8, 4) is 0 Å². The van der Waals surface area contributed by atoms with Gasteiger partial charge < -0.3 is 5.11 Å². The fraction of sp³-hybridized carbons (Fsp3) is 0.643. The highest BCUT2D eigenvalue weighted by Crippen LogP contribution is 2.15. The molecular weight excluding hydrogens is 200 g/mol. The summed E-state index contributed by atoms with van der Waals surface area (Å²) in [6.07, 6.45) is 11.5. The number of carboxylic acid groups (broad SMARTS) is 1. The van der Waals surface area contributed by atoms with Crippen LogP contribution in [0.15, 0.2) is 24.3 Å². The fourth-order valence-electron chi connectivity index (χ4n) is 1.52. The summed E-state index contributed by atoms with van der Waals surface area (Å²) in [5, 5.41) is 8.37. The molecule has 2 nitrogen and oxygen atoms in total. The first kappa shape index (κ1) is 14.9. The smallest absolute Gasteiger partial charge is 0.328 e. The van der Waals surface area contributed by atoms with Gasteiger partial charge in [-0.25, -0.2) is 4.79 Å². The van der Waals surface area contributed by atoms with Crippen LogP contribution in [0.1, 0.15) is 46.5 Å². The highest BCUT2D eigenvalue weighted by molar-refractivity contribution is 5.80. The molecule has 1 atom stereocenters. The highest BCUT2D eigenvalue weighted by Gasteiger charge is 2.00. The number of rotatable bonds is 8. The maximum Gasteiger partial charge on any atom is 0.328 e. The first-order valence-electron chi connectivity index (χ1n) is 6.08. The minimum atomic E-state index is -0.894. The van der Waals surface area contributed by atoms with E-state index >= 15 is 0 Å². The molecule has 0 aromatic carbocycles. The number of allylic oxidation sites excluding steroid dienone is 3. The van der Waals surface area contributed by atoms with Gasteiger partial charge in [0, 0.05) is 6.08 Å². The van der Waals surface area contributed by atoms with Crippen molar-refractivity contribution >= 4 is 5.97 Å². The van der Waals surface area contributed by atoms with E-state index in [1.807, 2.05) is 12.2 Å². The molecule has 0 amide bonds. The minimum Gasteiger partial charge on any atom is -0.478 e. The number of carbonyl (C=O) groups is 1. The Labute approximate surface area is 99.1 Å². The van der Waals surface area contributed by atoms with E-state index in [9.17, 15) is 4.79 Å². The van der Waals surface area contributed by atoms with Gasteiger partial charge in [0.1, 0.15) is 0 Å². The predicted octanol–water partition coefficient (Wildman–Crippen LogP) is 4.04. The monoisotopic (exact) mass is 224 g/mol. The van der Waals surface area contributed by atoms with Gasteiger partial charge in [0.15, 0.2) is 0 Å². The molecule has 0 aliphatic rings. The third-order valence-electron chi connectivity index (χ3n) is 2.50. The number of hydrogen-bond donors (Lipinski definition) is 1. The average molecular weight is 224 g/mol. The highest BCUT2D eigenvalue weighted by atomic mass is 16.4. The van der Waals surface area contributed by atoms with Gasteiger partial charge in [0.05, 0.1) is 0 Å². The summed E-state index contributed by atoms with van der Waals surface area (Å²) in [5.74, 6) is 0.587. The van der Waals surface area contributed by atoms with Crippen molar-refractivity contribution in [1.29, 1.82) is 0 Å². The second-order valence-electron chi connectivity index (χ2n) is 4.79. The molecule has 0 bridgehead atoms. The predicted molar refractivity (Wildman–Crippen MR) is 68.4 cm³/mol. The Hall–Kier alpha value is -1.05. The summed E-state index contributed by atoms with van der Waals surface area (Å²) in [5.41, 5.74) is 0. The Morgan fingerprint density at radius 2 is 1.88 bits per heavy atom. The summed E-state index contributed by atoms with van der Waals surface area (Å²) in [7, 11) is 0. The van der Waals surface area contributed by atoms with Crippen LogP contribution >= 0.6 is 0 Å². The van der Waals surface area contributed by atoms with Gasteiger partial charge in [-0.05, 0) is 18.3 Å². The van der Waals surface area contributed by atoms with Gasteiger partial charge in [-0.15, -0.1) is 0 Å². The van der Waals surface area contributed by atoms with E-state index in [1.165, 1.54) is 19.3 Å². The van der Waals surface area contributed by atoms with Crippen LogP contribution in [0.4, 0.5) is 0 Å². The van der Waals surface area contributed by atoms with Gasteiger partial charge >= 0.3 is 5.97 Å². The second-order valence-corrected chi connectivity index (χ2v) is 4.79. The Morgan fingerprint density at radius 3 is 2.44 bits per heavy atom. The molecule has 0 aliphatic carbocycles. The van der Waals surface area contributed by atoms with Crippen molar-refractivity contribution in [2.75, 3.05) is 0 Å². The van der Waals surface area contributed by atoms with Crippen LogP contribution in [0.25, 0.3) is 0 Å². The Kier molecular flexibility index (Phi) is 8.59. The zero-order chi connectivity index (χ0) is 12.4. The Balaban J connectivity index is 3.56. The molecule has 0 radical (unpaired) electrons. The van der Waals surface area contributed by atoms with E-state index in [4.69, 9.17) is 5.11 Å². The average Bonchev–Trinajstić information content (AvgIpc) is 2.16. The fourth-order valence-corrected chi connectivity index (χ4v) is 1.52. The standard InChI is InChI=1S/C14H24O2/c1-12(2)8-7-10-13(3)9-5-4-6-11-14(15)16/h4-6,11-13H,7-10H2,1-3H3,(H,15,16). The minimum absolute atomic E-state index is 0.688. The van der Waals surface area contributed by atoms with Crippen LogP contribution < -0.4 is 0 Å². The lowest BCUT2D eigenvalue weighted by Crippen LogP contribution is -1.95. The molecule has 0 aromatic rings. The molecule has 92 valence electrons. The van der Waals surface area contributed by atoms with E-state index in [0.717, 1.165) is 18.4 Å². The molecule has 0 spiro atoms. The summed E-state index contributed by atoms with van der Waals surface area (Å²) >= 11 is 0. The van der Waals surface area contributed by atoms with E-state index in [-0.39, 0.29) is 0 Å². The molecular formula is C14H24O2. The first-order chi connectivity index (χ1) is 7.52. The largest absolute Gasteiger partial charge is 0.478 e. The number of carboxylic acids is 1. The van der Waals surface area contributed by atoms with E-state index in [1.54, 1.807) is 6.08 Å². The number of aliphatic carboxylic acids is 1. The molecule has 0 aromatic heterocycles. The lowest BCUT2D eigenvalue weighted by Gasteiger charge is -2.09. The summed E-state index contributed by atoms with van der Waals surface area (Å²) in [6.45, 7) is 6.74. The van der Waals surface area contributed by atoms with Crippen LogP contribution in [0.3, 0.4) is 0 Å². The summed E-state index contributed by atoms with van der Waals surface area (Å²) < 4.78 is 0. The lowest BCUT2D eigenvalue weighted by atomic mass is 9.97. The van der Waals surface area contributed by atoms with Crippen molar-refractivity contribution in [1.82, 2.24) is 0 Å². The molecule has 0 saturated carbocycles. The Morgan fingerprint density at radius 1 is 1.19 bits per heavy atom. The third-order valence-corrected chi connectivity index (χ3v) is 2.50. The van der Waals surface area contributed by atoms with Crippen LogP contribution in [-0.2, 0) is 4.79 Å². The van der Waals surface area contributed by atoms with Gasteiger partial charge in [-0.3, -0.25) is 0 Å². The molecule has 1 N–H and O–H groups in total. The normalized spacial score (nSPS) is 14.0. The molecule has 0 fully saturated rings. The molecule has 0 aliphatic heterocycles. The van der Waals surface area contributed by atoms with Crippen molar-refractivity contribution in [3.63, 3.8) is 0 Å². The molecule has 0 saturated heterocycles. The molecule has 0 rings (SSSR count). The first-order valence-corrected chi connectivity index (χ1v) is 6.08. The van der Waals surface area contributed by atoms with Gasteiger partial charge in [0.2, 0.25) is 0 Å². The van der Waals surface area contributed by atoms with Crippen molar-refractivity contribution < 1.29 is 9.90 Å². The van der Waals surface area contributed by atoms with Crippen LogP contribution in [0, 0.1) is 11.8 Å². The van der Waals surface area contributed by atoms with E-state index in [0.29, 0.717) is 5.92 Å². The van der Waals surface area contributed by atoms with Crippen LogP contribution in [0.2, 0.25) is 0 Å². The molecule has 0 heterocycles. The maximum absolute atomic E-state index is 10.2. The molecule has 2 heteroatoms. The lowest BCUT2D eigenvalue weighted by molar-refractivity contribution is -0.131. The zero-order valence-corrected chi connectivity index (χ0v) is 10.6. The Bertz CT molecular complexity index is 239. The maximum atomic E-state index is 10.2. The van der Waals surface area contributed by atoms with Crippen LogP contribution in [0.5, 0.6) is 0 Å².